The average Bonchev–Trinajstić information content (AvgIpc) is 2.67. The highest BCUT2D eigenvalue weighted by molar-refractivity contribution is 5.74. The maximum atomic E-state index is 12.4. The average molecular weight is 333 g/mol. The van der Waals surface area contributed by atoms with Crippen molar-refractivity contribution in [2.24, 2.45) is 0 Å². The van der Waals surface area contributed by atoms with Crippen LogP contribution >= 0.6 is 0 Å². The summed E-state index contributed by atoms with van der Waals surface area (Å²) in [5.41, 5.74) is 1.06. The quantitative estimate of drug-likeness (QED) is 0.882. The van der Waals surface area contributed by atoms with Crippen LogP contribution in [0.4, 0.5) is 10.6 Å². The second-order valence-electron chi connectivity index (χ2n) is 6.17. The Morgan fingerprint density at radius 1 is 1.21 bits per heavy atom. The molecule has 7 heteroatoms. The number of aromatic nitrogens is 1. The van der Waals surface area contributed by atoms with Crippen LogP contribution in [-0.2, 0) is 11.3 Å². The molecule has 0 saturated carbocycles. The first-order valence-corrected chi connectivity index (χ1v) is 8.79. The molecule has 3 rings (SSSR count). The number of rotatable bonds is 4. The fourth-order valence-corrected chi connectivity index (χ4v) is 3.18. The normalized spacial score (nSPS) is 19.4. The summed E-state index contributed by atoms with van der Waals surface area (Å²) in [7, 11) is 0. The van der Waals surface area contributed by atoms with Gasteiger partial charge in [-0.2, -0.15) is 0 Å². The van der Waals surface area contributed by atoms with Gasteiger partial charge < -0.3 is 24.8 Å². The third-order valence-corrected chi connectivity index (χ3v) is 4.71. The van der Waals surface area contributed by atoms with E-state index in [0.717, 1.165) is 70.4 Å². The predicted molar refractivity (Wildman–Crippen MR) is 93.2 cm³/mol. The summed E-state index contributed by atoms with van der Waals surface area (Å²) in [6, 6.07) is 3.97. The SMILES string of the molecule is CCN1CCN(C(=O)NCc2cccnc2N2CCOCC2)CC1. The van der Waals surface area contributed by atoms with E-state index in [9.17, 15) is 4.79 Å². The molecule has 24 heavy (non-hydrogen) atoms. The molecule has 1 aromatic heterocycles. The third kappa shape index (κ3) is 4.15. The summed E-state index contributed by atoms with van der Waals surface area (Å²) in [6.07, 6.45) is 1.81. The van der Waals surface area contributed by atoms with E-state index in [4.69, 9.17) is 4.74 Å². The second-order valence-corrected chi connectivity index (χ2v) is 6.17. The number of anilines is 1. The maximum Gasteiger partial charge on any atom is 0.317 e. The molecule has 0 spiro atoms. The number of morpholine rings is 1. The van der Waals surface area contributed by atoms with Crippen LogP contribution in [0.5, 0.6) is 0 Å². The van der Waals surface area contributed by atoms with E-state index in [1.807, 2.05) is 17.0 Å². The molecule has 0 unspecified atom stereocenters. The Kier molecular flexibility index (Phi) is 5.87. The summed E-state index contributed by atoms with van der Waals surface area (Å²) in [6.45, 7) is 10.4. The van der Waals surface area contributed by atoms with Crippen molar-refractivity contribution >= 4 is 11.8 Å². The number of piperazine rings is 1. The predicted octanol–water partition coefficient (Wildman–Crippen LogP) is 0.765. The van der Waals surface area contributed by atoms with Crippen molar-refractivity contribution in [3.05, 3.63) is 23.9 Å². The molecule has 0 radical (unpaired) electrons. The van der Waals surface area contributed by atoms with Crippen LogP contribution in [0, 0.1) is 0 Å². The van der Waals surface area contributed by atoms with Gasteiger partial charge in [-0.3, -0.25) is 0 Å². The number of amides is 2. The smallest absolute Gasteiger partial charge is 0.317 e. The molecule has 2 aliphatic rings. The molecule has 1 N–H and O–H groups in total. The Morgan fingerprint density at radius 2 is 1.96 bits per heavy atom. The molecule has 3 heterocycles. The summed E-state index contributed by atoms with van der Waals surface area (Å²) < 4.78 is 5.41. The molecular weight excluding hydrogens is 306 g/mol. The second kappa shape index (κ2) is 8.30. The van der Waals surface area contributed by atoms with Crippen LogP contribution in [0.25, 0.3) is 0 Å². The summed E-state index contributed by atoms with van der Waals surface area (Å²) in [5, 5.41) is 3.05. The van der Waals surface area contributed by atoms with Gasteiger partial charge in [0.15, 0.2) is 0 Å². The molecule has 2 amide bonds. The maximum absolute atomic E-state index is 12.4. The lowest BCUT2D eigenvalue weighted by molar-refractivity contribution is 0.122. The molecule has 1 aromatic rings. The fourth-order valence-electron chi connectivity index (χ4n) is 3.18. The number of pyridine rings is 1. The zero-order valence-corrected chi connectivity index (χ0v) is 14.4. The highest BCUT2D eigenvalue weighted by atomic mass is 16.5. The van der Waals surface area contributed by atoms with Crippen molar-refractivity contribution in [2.75, 3.05) is 63.9 Å². The number of carbonyl (C=O) groups is 1. The largest absolute Gasteiger partial charge is 0.378 e. The Balaban J connectivity index is 1.55. The van der Waals surface area contributed by atoms with Gasteiger partial charge in [-0.05, 0) is 12.6 Å². The monoisotopic (exact) mass is 333 g/mol. The van der Waals surface area contributed by atoms with Gasteiger partial charge in [-0.15, -0.1) is 0 Å². The third-order valence-electron chi connectivity index (χ3n) is 4.71. The van der Waals surface area contributed by atoms with Crippen molar-refractivity contribution < 1.29 is 9.53 Å². The van der Waals surface area contributed by atoms with Gasteiger partial charge in [0.2, 0.25) is 0 Å². The standard InChI is InChI=1S/C17H27N5O2/c1-2-20-6-8-22(9-7-20)17(23)19-14-15-4-3-5-18-16(15)21-10-12-24-13-11-21/h3-5H,2,6-14H2,1H3,(H,19,23). The Bertz CT molecular complexity index is 540. The van der Waals surface area contributed by atoms with E-state index < -0.39 is 0 Å². The van der Waals surface area contributed by atoms with Crippen LogP contribution in [0.1, 0.15) is 12.5 Å². The Hall–Kier alpha value is -1.86. The summed E-state index contributed by atoms with van der Waals surface area (Å²) in [4.78, 5) is 23.4. The van der Waals surface area contributed by atoms with Crippen molar-refractivity contribution in [1.29, 1.82) is 0 Å². The van der Waals surface area contributed by atoms with Gasteiger partial charge in [0.25, 0.3) is 0 Å². The highest BCUT2D eigenvalue weighted by Crippen LogP contribution is 2.18. The van der Waals surface area contributed by atoms with Crippen molar-refractivity contribution in [1.82, 2.24) is 20.1 Å². The van der Waals surface area contributed by atoms with Crippen molar-refractivity contribution in [3.63, 3.8) is 0 Å². The van der Waals surface area contributed by atoms with Crippen LogP contribution < -0.4 is 10.2 Å². The lowest BCUT2D eigenvalue weighted by Crippen LogP contribution is -2.51. The first-order valence-electron chi connectivity index (χ1n) is 8.79. The molecule has 0 bridgehead atoms. The highest BCUT2D eigenvalue weighted by Gasteiger charge is 2.21. The number of carbonyl (C=O) groups excluding carboxylic acids is 1. The van der Waals surface area contributed by atoms with Gasteiger partial charge in [0.05, 0.1) is 13.2 Å². The van der Waals surface area contributed by atoms with E-state index in [0.29, 0.717) is 6.54 Å². The number of ether oxygens (including phenoxy) is 1. The number of likely N-dealkylation sites (N-methyl/N-ethyl adjacent to an activating group) is 1. The minimum atomic E-state index is 0.0162. The molecular formula is C17H27N5O2. The van der Waals surface area contributed by atoms with Gasteiger partial charge >= 0.3 is 6.03 Å². The molecule has 2 fully saturated rings. The number of hydrogen-bond donors (Lipinski definition) is 1. The zero-order chi connectivity index (χ0) is 16.8. The summed E-state index contributed by atoms with van der Waals surface area (Å²) in [5.74, 6) is 0.955. The molecule has 0 aromatic carbocycles. The summed E-state index contributed by atoms with van der Waals surface area (Å²) >= 11 is 0. The molecule has 0 aliphatic carbocycles. The van der Waals surface area contributed by atoms with E-state index in [1.165, 1.54) is 0 Å². The van der Waals surface area contributed by atoms with Gasteiger partial charge in [-0.1, -0.05) is 13.0 Å². The number of nitrogens with zero attached hydrogens (tertiary/aromatic N) is 4. The van der Waals surface area contributed by atoms with Crippen molar-refractivity contribution in [2.45, 2.75) is 13.5 Å². The topological polar surface area (TPSA) is 60.9 Å². The van der Waals surface area contributed by atoms with E-state index in [-0.39, 0.29) is 6.03 Å². The molecule has 2 saturated heterocycles. The molecule has 2 aliphatic heterocycles. The number of hydrogen-bond acceptors (Lipinski definition) is 5. The van der Waals surface area contributed by atoms with Crippen LogP contribution in [0.3, 0.4) is 0 Å². The number of nitrogens with one attached hydrogen (secondary N) is 1. The lowest BCUT2D eigenvalue weighted by atomic mass is 10.2. The molecule has 7 nitrogen and oxygen atoms in total. The van der Waals surface area contributed by atoms with Crippen LogP contribution in [0.15, 0.2) is 18.3 Å². The van der Waals surface area contributed by atoms with Gasteiger partial charge in [0.1, 0.15) is 5.82 Å². The van der Waals surface area contributed by atoms with Crippen molar-refractivity contribution in [3.8, 4) is 0 Å². The number of urea groups is 1. The molecule has 0 atom stereocenters. The van der Waals surface area contributed by atoms with Crippen LogP contribution in [0.2, 0.25) is 0 Å². The minimum Gasteiger partial charge on any atom is -0.378 e. The van der Waals surface area contributed by atoms with Gasteiger partial charge in [-0.25, -0.2) is 9.78 Å². The fraction of sp³-hybridized carbons (Fsp3) is 0.647. The lowest BCUT2D eigenvalue weighted by Gasteiger charge is -2.34. The van der Waals surface area contributed by atoms with E-state index in [1.54, 1.807) is 6.20 Å². The van der Waals surface area contributed by atoms with Crippen LogP contribution in [-0.4, -0.2) is 79.8 Å². The van der Waals surface area contributed by atoms with E-state index >= 15 is 0 Å². The minimum absolute atomic E-state index is 0.0162. The first-order chi connectivity index (χ1) is 11.8. The Morgan fingerprint density at radius 3 is 2.67 bits per heavy atom. The Labute approximate surface area is 143 Å². The molecule has 132 valence electrons. The first kappa shape index (κ1) is 17.0. The zero-order valence-electron chi connectivity index (χ0n) is 14.4. The van der Waals surface area contributed by atoms with Gasteiger partial charge in [0, 0.05) is 57.6 Å². The van der Waals surface area contributed by atoms with E-state index in [2.05, 4.69) is 27.0 Å².